The van der Waals surface area contributed by atoms with Crippen molar-refractivity contribution in [2.45, 2.75) is 52.5 Å². The van der Waals surface area contributed by atoms with E-state index in [1.807, 2.05) is 18.2 Å². The van der Waals surface area contributed by atoms with Crippen molar-refractivity contribution in [2.75, 3.05) is 12.1 Å². The molecule has 7 heteroatoms. The van der Waals surface area contributed by atoms with Crippen LogP contribution >= 0.6 is 0 Å². The van der Waals surface area contributed by atoms with E-state index in [4.69, 9.17) is 9.47 Å². The zero-order valence-electron chi connectivity index (χ0n) is 16.9. The van der Waals surface area contributed by atoms with Gasteiger partial charge < -0.3 is 20.1 Å². The minimum atomic E-state index is -0.0891. The van der Waals surface area contributed by atoms with E-state index in [-0.39, 0.29) is 18.6 Å². The van der Waals surface area contributed by atoms with Crippen molar-refractivity contribution in [2.24, 2.45) is 0 Å². The summed E-state index contributed by atoms with van der Waals surface area (Å²) in [5, 5.41) is 5.70. The second-order valence-electron chi connectivity index (χ2n) is 7.16. The molecule has 2 heterocycles. The molecule has 0 unspecified atom stereocenters. The molecule has 0 atom stereocenters. The Morgan fingerprint density at radius 2 is 1.66 bits per heavy atom. The number of hydrogen-bond donors (Lipinski definition) is 2. The van der Waals surface area contributed by atoms with Gasteiger partial charge >= 0.3 is 0 Å². The maximum absolute atomic E-state index is 11.3. The first kappa shape index (κ1) is 20.6. The topological polar surface area (TPSA) is 89.6 Å². The average molecular weight is 397 g/mol. The van der Waals surface area contributed by atoms with E-state index in [0.717, 1.165) is 60.4 Å². The van der Waals surface area contributed by atoms with Gasteiger partial charge in [0.25, 0.3) is 0 Å². The molecule has 0 saturated carbocycles. The summed E-state index contributed by atoms with van der Waals surface area (Å²) in [6.07, 6.45) is 8.32. The van der Waals surface area contributed by atoms with Crippen LogP contribution in [0.15, 0.2) is 30.6 Å². The first-order valence-corrected chi connectivity index (χ1v) is 9.89. The lowest BCUT2D eigenvalue weighted by Crippen LogP contribution is -2.19. The first-order chi connectivity index (χ1) is 14.0. The van der Waals surface area contributed by atoms with Crippen LogP contribution in [0.1, 0.15) is 49.8 Å². The Balaban J connectivity index is 1.54. The van der Waals surface area contributed by atoms with Crippen LogP contribution in [0, 0.1) is 0 Å². The number of nitrogens with one attached hydrogen (secondary N) is 2. The molecule has 2 amide bonds. The summed E-state index contributed by atoms with van der Waals surface area (Å²) in [5.74, 6) is 1.36. The lowest BCUT2D eigenvalue weighted by molar-refractivity contribution is -0.119. The third-order valence-corrected chi connectivity index (χ3v) is 4.84. The standard InChI is InChI=1S/C22H27N3O4/c1-15(26)24-12-19-11-22-21(28-14-29-22)10-18(19)7-5-3-4-6-17-8-9-23-13-20(17)25-16(2)27/h8-11,13H,3-7,12,14H2,1-2H3,(H,24,26)(H,25,27). The number of aromatic nitrogens is 1. The highest BCUT2D eigenvalue weighted by Crippen LogP contribution is 2.35. The molecule has 1 aliphatic rings. The second kappa shape index (κ2) is 9.91. The number of amides is 2. The highest BCUT2D eigenvalue weighted by molar-refractivity contribution is 5.89. The number of nitrogens with zero attached hydrogens (tertiary/aromatic N) is 1. The number of rotatable bonds is 9. The Hall–Kier alpha value is -3.09. The fraction of sp³-hybridized carbons (Fsp3) is 0.409. The highest BCUT2D eigenvalue weighted by Gasteiger charge is 2.17. The van der Waals surface area contributed by atoms with Gasteiger partial charge in [0.1, 0.15) is 0 Å². The molecule has 1 aliphatic heterocycles. The van der Waals surface area contributed by atoms with Gasteiger partial charge in [-0.1, -0.05) is 6.42 Å². The van der Waals surface area contributed by atoms with Crippen LogP contribution in [0.25, 0.3) is 0 Å². The number of hydrogen-bond acceptors (Lipinski definition) is 5. The molecule has 2 aromatic rings. The number of benzene rings is 1. The van der Waals surface area contributed by atoms with Crippen molar-refractivity contribution in [1.29, 1.82) is 0 Å². The Bertz CT molecular complexity index is 882. The molecule has 0 aliphatic carbocycles. The van der Waals surface area contributed by atoms with Crippen molar-refractivity contribution in [3.05, 3.63) is 47.3 Å². The number of ether oxygens (including phenoxy) is 2. The Labute approximate surface area is 170 Å². The van der Waals surface area contributed by atoms with E-state index in [9.17, 15) is 9.59 Å². The minimum Gasteiger partial charge on any atom is -0.454 e. The van der Waals surface area contributed by atoms with Crippen molar-refractivity contribution in [3.8, 4) is 11.5 Å². The van der Waals surface area contributed by atoms with E-state index in [1.54, 1.807) is 12.4 Å². The fourth-order valence-corrected chi connectivity index (χ4v) is 3.39. The fourth-order valence-electron chi connectivity index (χ4n) is 3.39. The van der Waals surface area contributed by atoms with Crippen LogP contribution < -0.4 is 20.1 Å². The molecule has 0 bridgehead atoms. The Morgan fingerprint density at radius 3 is 2.34 bits per heavy atom. The van der Waals surface area contributed by atoms with Crippen molar-refractivity contribution >= 4 is 17.5 Å². The highest BCUT2D eigenvalue weighted by atomic mass is 16.7. The van der Waals surface area contributed by atoms with Crippen molar-refractivity contribution in [1.82, 2.24) is 10.3 Å². The summed E-state index contributed by atoms with van der Waals surface area (Å²) in [6.45, 7) is 3.74. The molecular formula is C22H27N3O4. The maximum Gasteiger partial charge on any atom is 0.231 e. The summed E-state index contributed by atoms with van der Waals surface area (Å²) in [6, 6.07) is 5.94. The van der Waals surface area contributed by atoms with Gasteiger partial charge in [0, 0.05) is 26.6 Å². The molecule has 0 fully saturated rings. The first-order valence-electron chi connectivity index (χ1n) is 9.89. The molecule has 1 aromatic heterocycles. The number of carbonyl (C=O) groups is 2. The van der Waals surface area contributed by atoms with Crippen LogP contribution in [-0.2, 0) is 29.0 Å². The van der Waals surface area contributed by atoms with E-state index in [0.29, 0.717) is 6.54 Å². The smallest absolute Gasteiger partial charge is 0.231 e. The summed E-state index contributed by atoms with van der Waals surface area (Å²) >= 11 is 0. The SMILES string of the molecule is CC(=O)NCc1cc2c(cc1CCCCCc1ccncc1NC(C)=O)OCO2. The van der Waals surface area contributed by atoms with E-state index in [1.165, 1.54) is 19.4 Å². The van der Waals surface area contributed by atoms with Gasteiger partial charge in [-0.25, -0.2) is 0 Å². The molecule has 1 aromatic carbocycles. The molecular weight excluding hydrogens is 370 g/mol. The van der Waals surface area contributed by atoms with E-state index < -0.39 is 0 Å². The molecule has 3 rings (SSSR count). The number of pyridine rings is 1. The van der Waals surface area contributed by atoms with Gasteiger partial charge in [0.2, 0.25) is 18.6 Å². The van der Waals surface area contributed by atoms with Gasteiger partial charge in [0.05, 0.1) is 11.9 Å². The second-order valence-corrected chi connectivity index (χ2v) is 7.16. The predicted octanol–water partition coefficient (Wildman–Crippen LogP) is 3.36. The third-order valence-electron chi connectivity index (χ3n) is 4.84. The van der Waals surface area contributed by atoms with Crippen LogP contribution in [0.4, 0.5) is 5.69 Å². The summed E-state index contributed by atoms with van der Waals surface area (Å²) in [4.78, 5) is 26.7. The van der Waals surface area contributed by atoms with Crippen LogP contribution in [0.5, 0.6) is 11.5 Å². The molecule has 154 valence electrons. The molecule has 0 saturated heterocycles. The molecule has 7 nitrogen and oxygen atoms in total. The number of carbonyl (C=O) groups excluding carboxylic acids is 2. The number of anilines is 1. The van der Waals surface area contributed by atoms with Crippen LogP contribution in [-0.4, -0.2) is 23.6 Å². The maximum atomic E-state index is 11.3. The molecule has 29 heavy (non-hydrogen) atoms. The Kier molecular flexibility index (Phi) is 7.05. The summed E-state index contributed by atoms with van der Waals surface area (Å²) in [5.41, 5.74) is 4.12. The molecule has 0 radical (unpaired) electrons. The lowest BCUT2D eigenvalue weighted by Gasteiger charge is -2.12. The van der Waals surface area contributed by atoms with Gasteiger partial charge in [-0.15, -0.1) is 0 Å². The normalized spacial score (nSPS) is 11.9. The number of fused-ring (bicyclic) bond motifs is 1. The third kappa shape index (κ3) is 5.94. The summed E-state index contributed by atoms with van der Waals surface area (Å²) < 4.78 is 11.0. The molecule has 2 N–H and O–H groups in total. The Morgan fingerprint density at radius 1 is 0.966 bits per heavy atom. The van der Waals surface area contributed by atoms with E-state index in [2.05, 4.69) is 15.6 Å². The number of unbranched alkanes of at least 4 members (excludes halogenated alkanes) is 2. The monoisotopic (exact) mass is 397 g/mol. The quantitative estimate of drug-likeness (QED) is 0.634. The minimum absolute atomic E-state index is 0.0547. The van der Waals surface area contributed by atoms with E-state index >= 15 is 0 Å². The summed E-state index contributed by atoms with van der Waals surface area (Å²) in [7, 11) is 0. The zero-order chi connectivity index (χ0) is 20.6. The predicted molar refractivity (Wildman–Crippen MR) is 110 cm³/mol. The largest absolute Gasteiger partial charge is 0.454 e. The lowest BCUT2D eigenvalue weighted by atomic mass is 9.99. The zero-order valence-corrected chi connectivity index (χ0v) is 16.9. The average Bonchev–Trinajstić information content (AvgIpc) is 3.13. The van der Waals surface area contributed by atoms with Crippen molar-refractivity contribution in [3.63, 3.8) is 0 Å². The number of aryl methyl sites for hydroxylation is 2. The van der Waals surface area contributed by atoms with Crippen LogP contribution in [0.2, 0.25) is 0 Å². The van der Waals surface area contributed by atoms with Gasteiger partial charge in [-0.05, 0) is 60.6 Å². The van der Waals surface area contributed by atoms with Gasteiger partial charge in [0.15, 0.2) is 11.5 Å². The van der Waals surface area contributed by atoms with Gasteiger partial charge in [-0.2, -0.15) is 0 Å². The molecule has 0 spiro atoms. The van der Waals surface area contributed by atoms with Gasteiger partial charge in [-0.3, -0.25) is 14.6 Å². The van der Waals surface area contributed by atoms with Crippen molar-refractivity contribution < 1.29 is 19.1 Å². The van der Waals surface area contributed by atoms with Crippen LogP contribution in [0.3, 0.4) is 0 Å².